The summed E-state index contributed by atoms with van der Waals surface area (Å²) in [7, 11) is 0. The number of nitrogens with one attached hydrogen (secondary N) is 1. The number of nitrogens with two attached hydrogens (primary N) is 1. The number of aromatic nitrogens is 2. The Bertz CT molecular complexity index is 665. The fourth-order valence-electron chi connectivity index (χ4n) is 2.83. The predicted octanol–water partition coefficient (Wildman–Crippen LogP) is 3.08. The van der Waals surface area contributed by atoms with Crippen LogP contribution in [0.3, 0.4) is 0 Å². The summed E-state index contributed by atoms with van der Waals surface area (Å²) in [6, 6.07) is 9.57. The Morgan fingerprint density at radius 2 is 2.09 bits per heavy atom. The number of anilines is 1. The molecule has 1 saturated carbocycles. The number of amides is 1. The smallest absolute Gasteiger partial charge is 0.224 e. The first-order valence-corrected chi connectivity index (χ1v) is 8.63. The summed E-state index contributed by atoms with van der Waals surface area (Å²) >= 11 is 1.47. The lowest BCUT2D eigenvalue weighted by molar-refractivity contribution is -0.117. The van der Waals surface area contributed by atoms with Crippen molar-refractivity contribution in [2.24, 2.45) is 11.7 Å². The molecular weight excluding hydrogens is 308 g/mol. The number of rotatable bonds is 5. The van der Waals surface area contributed by atoms with Crippen LogP contribution in [0.1, 0.15) is 25.7 Å². The molecule has 0 aliphatic heterocycles. The summed E-state index contributed by atoms with van der Waals surface area (Å²) in [6.45, 7) is 0. The molecule has 6 heteroatoms. The lowest BCUT2D eigenvalue weighted by Crippen LogP contribution is -2.28. The van der Waals surface area contributed by atoms with E-state index < -0.39 is 0 Å². The zero-order chi connectivity index (χ0) is 16.1. The van der Waals surface area contributed by atoms with Crippen LogP contribution >= 0.6 is 11.8 Å². The van der Waals surface area contributed by atoms with Gasteiger partial charge in [-0.05, 0) is 43.0 Å². The van der Waals surface area contributed by atoms with Crippen LogP contribution in [-0.2, 0) is 4.79 Å². The van der Waals surface area contributed by atoms with Gasteiger partial charge in [0.1, 0.15) is 10.1 Å². The maximum Gasteiger partial charge on any atom is 0.224 e. The highest BCUT2D eigenvalue weighted by molar-refractivity contribution is 7.99. The molecule has 5 nitrogen and oxygen atoms in total. The lowest BCUT2D eigenvalue weighted by Gasteiger charge is -2.14. The molecule has 2 atom stereocenters. The van der Waals surface area contributed by atoms with Crippen LogP contribution in [0, 0.1) is 5.92 Å². The van der Waals surface area contributed by atoms with Crippen LogP contribution in [0.2, 0.25) is 0 Å². The van der Waals surface area contributed by atoms with Crippen LogP contribution in [0.15, 0.2) is 52.8 Å². The van der Waals surface area contributed by atoms with Crippen molar-refractivity contribution in [3.8, 4) is 0 Å². The zero-order valence-corrected chi connectivity index (χ0v) is 13.6. The van der Waals surface area contributed by atoms with E-state index in [4.69, 9.17) is 5.73 Å². The van der Waals surface area contributed by atoms with E-state index in [2.05, 4.69) is 15.3 Å². The van der Waals surface area contributed by atoms with Gasteiger partial charge in [-0.3, -0.25) is 4.79 Å². The molecule has 1 fully saturated rings. The Morgan fingerprint density at radius 1 is 1.22 bits per heavy atom. The maximum absolute atomic E-state index is 12.2. The number of hydrogen-bond donors (Lipinski definition) is 2. The molecule has 0 spiro atoms. The average Bonchev–Trinajstić information content (AvgIpc) is 2.93. The Hall–Kier alpha value is -1.92. The summed E-state index contributed by atoms with van der Waals surface area (Å²) in [6.07, 6.45) is 7.14. The molecule has 23 heavy (non-hydrogen) atoms. The van der Waals surface area contributed by atoms with Crippen LogP contribution in [-0.4, -0.2) is 21.9 Å². The van der Waals surface area contributed by atoms with Crippen molar-refractivity contribution in [1.29, 1.82) is 0 Å². The number of carbonyl (C=O) groups is 1. The highest BCUT2D eigenvalue weighted by Crippen LogP contribution is 2.28. The van der Waals surface area contributed by atoms with Crippen LogP contribution in [0.5, 0.6) is 0 Å². The first-order chi connectivity index (χ1) is 11.2. The standard InChI is InChI=1S/C17H20N4OS/c18-14-5-3-4-12(14)10-15(22)21-13-7-9-20-17(11-13)23-16-6-1-2-8-19-16/h1-2,6-9,11-12,14H,3-5,10,18H2,(H,20,21,22)/t12-,14+/m0/s1. The fourth-order valence-corrected chi connectivity index (χ4v) is 3.60. The molecule has 2 heterocycles. The van der Waals surface area contributed by atoms with Gasteiger partial charge in [0.15, 0.2) is 0 Å². The van der Waals surface area contributed by atoms with Crippen molar-refractivity contribution in [1.82, 2.24) is 9.97 Å². The highest BCUT2D eigenvalue weighted by atomic mass is 32.2. The van der Waals surface area contributed by atoms with Gasteiger partial charge in [-0.25, -0.2) is 9.97 Å². The monoisotopic (exact) mass is 328 g/mol. The minimum Gasteiger partial charge on any atom is -0.327 e. The van der Waals surface area contributed by atoms with E-state index in [0.717, 1.165) is 35.0 Å². The van der Waals surface area contributed by atoms with Gasteiger partial charge in [-0.15, -0.1) is 0 Å². The molecule has 2 aromatic heterocycles. The summed E-state index contributed by atoms with van der Waals surface area (Å²) < 4.78 is 0. The Kier molecular flexibility index (Phi) is 5.25. The molecule has 120 valence electrons. The quantitative estimate of drug-likeness (QED) is 0.881. The number of carbonyl (C=O) groups excluding carboxylic acids is 1. The fraction of sp³-hybridized carbons (Fsp3) is 0.353. The van der Waals surface area contributed by atoms with Gasteiger partial charge in [-0.2, -0.15) is 0 Å². The van der Waals surface area contributed by atoms with E-state index in [0.29, 0.717) is 12.3 Å². The second kappa shape index (κ2) is 7.57. The number of nitrogens with zero attached hydrogens (tertiary/aromatic N) is 2. The minimum absolute atomic E-state index is 0.0207. The molecular formula is C17H20N4OS. The Labute approximate surface area is 140 Å². The van der Waals surface area contributed by atoms with E-state index in [1.54, 1.807) is 18.5 Å². The van der Waals surface area contributed by atoms with Crippen molar-refractivity contribution in [3.63, 3.8) is 0 Å². The second-order valence-electron chi connectivity index (χ2n) is 5.76. The van der Waals surface area contributed by atoms with Gasteiger partial charge in [0.2, 0.25) is 5.91 Å². The molecule has 0 unspecified atom stereocenters. The largest absolute Gasteiger partial charge is 0.327 e. The third-order valence-electron chi connectivity index (χ3n) is 4.03. The van der Waals surface area contributed by atoms with E-state index in [1.807, 2.05) is 24.3 Å². The Morgan fingerprint density at radius 3 is 2.83 bits per heavy atom. The third kappa shape index (κ3) is 4.53. The van der Waals surface area contributed by atoms with E-state index >= 15 is 0 Å². The topological polar surface area (TPSA) is 80.9 Å². The predicted molar refractivity (Wildman–Crippen MR) is 91.2 cm³/mol. The summed E-state index contributed by atoms with van der Waals surface area (Å²) in [4.78, 5) is 20.7. The average molecular weight is 328 g/mol. The molecule has 1 aliphatic rings. The van der Waals surface area contributed by atoms with Crippen molar-refractivity contribution >= 4 is 23.4 Å². The molecule has 1 aliphatic carbocycles. The molecule has 0 saturated heterocycles. The molecule has 1 amide bonds. The summed E-state index contributed by atoms with van der Waals surface area (Å²) in [5, 5.41) is 4.63. The minimum atomic E-state index is 0.0207. The van der Waals surface area contributed by atoms with Gasteiger partial charge in [0, 0.05) is 30.5 Å². The molecule has 0 aromatic carbocycles. The first-order valence-electron chi connectivity index (χ1n) is 7.81. The zero-order valence-electron chi connectivity index (χ0n) is 12.8. The van der Waals surface area contributed by atoms with E-state index in [9.17, 15) is 4.79 Å². The Balaban J connectivity index is 1.60. The van der Waals surface area contributed by atoms with Crippen molar-refractivity contribution in [2.75, 3.05) is 5.32 Å². The third-order valence-corrected chi connectivity index (χ3v) is 4.91. The highest BCUT2D eigenvalue weighted by Gasteiger charge is 2.26. The van der Waals surface area contributed by atoms with Crippen LogP contribution in [0.4, 0.5) is 5.69 Å². The van der Waals surface area contributed by atoms with Gasteiger partial charge in [0.25, 0.3) is 0 Å². The van der Waals surface area contributed by atoms with E-state index in [-0.39, 0.29) is 11.9 Å². The SMILES string of the molecule is N[C@@H]1CCC[C@H]1CC(=O)Nc1ccnc(Sc2ccccn2)c1. The molecule has 2 aromatic rings. The lowest BCUT2D eigenvalue weighted by atomic mass is 10.00. The molecule has 3 N–H and O–H groups in total. The van der Waals surface area contributed by atoms with Crippen LogP contribution in [0.25, 0.3) is 0 Å². The molecule has 3 rings (SSSR count). The number of hydrogen-bond acceptors (Lipinski definition) is 5. The maximum atomic E-state index is 12.2. The number of pyridine rings is 2. The molecule has 0 bridgehead atoms. The van der Waals surface area contributed by atoms with Gasteiger partial charge in [0.05, 0.1) is 0 Å². The van der Waals surface area contributed by atoms with Crippen molar-refractivity contribution in [3.05, 3.63) is 42.7 Å². The van der Waals surface area contributed by atoms with Gasteiger partial charge < -0.3 is 11.1 Å². The van der Waals surface area contributed by atoms with Crippen LogP contribution < -0.4 is 11.1 Å². The first kappa shape index (κ1) is 16.0. The normalized spacial score (nSPS) is 20.4. The van der Waals surface area contributed by atoms with Crippen molar-refractivity contribution < 1.29 is 4.79 Å². The van der Waals surface area contributed by atoms with Gasteiger partial charge in [-0.1, -0.05) is 24.2 Å². The second-order valence-corrected chi connectivity index (χ2v) is 6.80. The van der Waals surface area contributed by atoms with Crippen molar-refractivity contribution in [2.45, 2.75) is 41.8 Å². The van der Waals surface area contributed by atoms with E-state index in [1.165, 1.54) is 11.8 Å². The summed E-state index contributed by atoms with van der Waals surface area (Å²) in [5.41, 5.74) is 6.79. The van der Waals surface area contributed by atoms with Gasteiger partial charge >= 0.3 is 0 Å². The molecule has 0 radical (unpaired) electrons. The summed E-state index contributed by atoms with van der Waals surface area (Å²) in [5.74, 6) is 0.325.